The second kappa shape index (κ2) is 7.94. The first-order chi connectivity index (χ1) is 13.3. The predicted molar refractivity (Wildman–Crippen MR) is 97.4 cm³/mol. The highest BCUT2D eigenvalue weighted by Gasteiger charge is 2.17. The Hall–Kier alpha value is -3.29. The number of carbonyl (C=O) groups is 1. The van der Waals surface area contributed by atoms with Crippen LogP contribution in [0.3, 0.4) is 0 Å². The smallest absolute Gasteiger partial charge is 0.253 e. The van der Waals surface area contributed by atoms with Gasteiger partial charge >= 0.3 is 0 Å². The topological polar surface area (TPSA) is 94.8 Å². The summed E-state index contributed by atoms with van der Waals surface area (Å²) in [7, 11) is 0. The zero-order valence-electron chi connectivity index (χ0n) is 14.8. The minimum absolute atomic E-state index is 0.217. The van der Waals surface area contributed by atoms with Gasteiger partial charge < -0.3 is 10.1 Å². The van der Waals surface area contributed by atoms with E-state index in [4.69, 9.17) is 4.74 Å². The van der Waals surface area contributed by atoms with Gasteiger partial charge in [-0.05, 0) is 43.9 Å². The molecule has 1 saturated carbocycles. The van der Waals surface area contributed by atoms with Gasteiger partial charge in [0.2, 0.25) is 5.88 Å². The van der Waals surface area contributed by atoms with Crippen LogP contribution in [-0.4, -0.2) is 37.0 Å². The Morgan fingerprint density at radius 3 is 2.85 bits per heavy atom. The molecule has 3 aromatic heterocycles. The van der Waals surface area contributed by atoms with Crippen LogP contribution in [-0.2, 0) is 6.54 Å². The van der Waals surface area contributed by atoms with Crippen molar-refractivity contribution in [2.24, 2.45) is 0 Å². The van der Waals surface area contributed by atoms with Crippen LogP contribution in [0.2, 0.25) is 0 Å². The van der Waals surface area contributed by atoms with E-state index < -0.39 is 0 Å². The summed E-state index contributed by atoms with van der Waals surface area (Å²) in [6.45, 7) is 0.277. The van der Waals surface area contributed by atoms with Gasteiger partial charge in [0.25, 0.3) is 5.91 Å². The molecule has 0 saturated heterocycles. The molecule has 27 heavy (non-hydrogen) atoms. The van der Waals surface area contributed by atoms with Gasteiger partial charge in [-0.25, -0.2) is 9.67 Å². The molecule has 1 aliphatic carbocycles. The Balaban J connectivity index is 1.32. The molecule has 8 nitrogen and oxygen atoms in total. The van der Waals surface area contributed by atoms with Crippen molar-refractivity contribution in [3.63, 3.8) is 0 Å². The van der Waals surface area contributed by atoms with Crippen LogP contribution >= 0.6 is 0 Å². The highest BCUT2D eigenvalue weighted by Crippen LogP contribution is 2.22. The molecule has 1 amide bonds. The Bertz CT molecular complexity index is 888. The Morgan fingerprint density at radius 2 is 2.11 bits per heavy atom. The molecule has 0 aromatic carbocycles. The SMILES string of the molecule is O=C(NCc1cn(-c2cccnc2)nn1)c1ccc(OC2CCCC2)nc1. The fraction of sp³-hybridized carbons (Fsp3) is 0.316. The fourth-order valence-corrected chi connectivity index (χ4v) is 3.03. The summed E-state index contributed by atoms with van der Waals surface area (Å²) < 4.78 is 7.43. The van der Waals surface area contributed by atoms with Crippen molar-refractivity contribution >= 4 is 5.91 Å². The molecule has 0 aliphatic heterocycles. The Labute approximate surface area is 156 Å². The molecule has 1 fully saturated rings. The van der Waals surface area contributed by atoms with Crippen molar-refractivity contribution in [2.75, 3.05) is 0 Å². The van der Waals surface area contributed by atoms with Crippen molar-refractivity contribution < 1.29 is 9.53 Å². The molecule has 0 spiro atoms. The van der Waals surface area contributed by atoms with Crippen molar-refractivity contribution in [3.05, 3.63) is 60.3 Å². The van der Waals surface area contributed by atoms with E-state index in [1.165, 1.54) is 19.0 Å². The molecule has 3 heterocycles. The molecule has 1 aliphatic rings. The third-order valence-corrected chi connectivity index (χ3v) is 4.47. The number of hydrogen-bond donors (Lipinski definition) is 1. The summed E-state index contributed by atoms with van der Waals surface area (Å²) in [4.78, 5) is 20.6. The van der Waals surface area contributed by atoms with Crippen LogP contribution in [0.15, 0.2) is 49.1 Å². The molecule has 1 N–H and O–H groups in total. The van der Waals surface area contributed by atoms with Crippen molar-refractivity contribution in [1.82, 2.24) is 30.3 Å². The van der Waals surface area contributed by atoms with Crippen molar-refractivity contribution in [3.8, 4) is 11.6 Å². The predicted octanol–water partition coefficient (Wildman–Crippen LogP) is 2.31. The highest BCUT2D eigenvalue weighted by atomic mass is 16.5. The summed E-state index contributed by atoms with van der Waals surface area (Å²) in [6, 6.07) is 7.17. The second-order valence-corrected chi connectivity index (χ2v) is 6.46. The molecular weight excluding hydrogens is 344 g/mol. The largest absolute Gasteiger partial charge is 0.474 e. The minimum atomic E-state index is -0.217. The van der Waals surface area contributed by atoms with Crippen LogP contribution < -0.4 is 10.1 Å². The van der Waals surface area contributed by atoms with E-state index >= 15 is 0 Å². The first-order valence-electron chi connectivity index (χ1n) is 9.00. The molecule has 0 unspecified atom stereocenters. The van der Waals surface area contributed by atoms with E-state index in [2.05, 4.69) is 25.6 Å². The van der Waals surface area contributed by atoms with E-state index in [1.54, 1.807) is 35.4 Å². The summed E-state index contributed by atoms with van der Waals surface area (Å²) in [6.07, 6.45) is 11.5. The second-order valence-electron chi connectivity index (χ2n) is 6.46. The molecule has 138 valence electrons. The number of amides is 1. The highest BCUT2D eigenvalue weighted by molar-refractivity contribution is 5.93. The van der Waals surface area contributed by atoms with E-state index in [1.807, 2.05) is 12.1 Å². The molecule has 3 aromatic rings. The van der Waals surface area contributed by atoms with E-state index in [0.29, 0.717) is 17.1 Å². The normalized spacial score (nSPS) is 14.2. The number of hydrogen-bond acceptors (Lipinski definition) is 6. The van der Waals surface area contributed by atoms with Crippen LogP contribution in [0, 0.1) is 0 Å². The van der Waals surface area contributed by atoms with Gasteiger partial charge in [0.1, 0.15) is 11.8 Å². The number of ether oxygens (including phenoxy) is 1. The number of nitrogens with zero attached hydrogens (tertiary/aromatic N) is 5. The Morgan fingerprint density at radius 1 is 1.22 bits per heavy atom. The van der Waals surface area contributed by atoms with Crippen LogP contribution in [0.4, 0.5) is 0 Å². The summed E-state index contributed by atoms with van der Waals surface area (Å²) >= 11 is 0. The zero-order valence-corrected chi connectivity index (χ0v) is 14.8. The number of rotatable bonds is 6. The molecule has 4 rings (SSSR count). The maximum Gasteiger partial charge on any atom is 0.253 e. The molecule has 0 radical (unpaired) electrons. The lowest BCUT2D eigenvalue weighted by Gasteiger charge is -2.12. The average Bonchev–Trinajstić information content (AvgIpc) is 3.39. The van der Waals surface area contributed by atoms with Crippen LogP contribution in [0.1, 0.15) is 41.7 Å². The average molecular weight is 364 g/mol. The summed E-state index contributed by atoms with van der Waals surface area (Å²) in [5.41, 5.74) is 1.94. The van der Waals surface area contributed by atoms with Crippen LogP contribution in [0.25, 0.3) is 5.69 Å². The zero-order chi connectivity index (χ0) is 18.5. The lowest BCUT2D eigenvalue weighted by Crippen LogP contribution is -2.23. The minimum Gasteiger partial charge on any atom is -0.474 e. The van der Waals surface area contributed by atoms with E-state index in [-0.39, 0.29) is 18.6 Å². The standard InChI is InChI=1S/C19H20N6O2/c26-19(14-7-8-18(21-10-14)27-17-5-1-2-6-17)22-11-15-13-25(24-23-15)16-4-3-9-20-12-16/h3-4,7-10,12-13,17H,1-2,5-6,11H2,(H,22,26). The number of aromatic nitrogens is 5. The number of carbonyl (C=O) groups excluding carboxylic acids is 1. The lowest BCUT2D eigenvalue weighted by molar-refractivity contribution is 0.0950. The molecule has 0 bridgehead atoms. The van der Waals surface area contributed by atoms with Gasteiger partial charge in [0, 0.05) is 18.5 Å². The van der Waals surface area contributed by atoms with Crippen LogP contribution in [0.5, 0.6) is 5.88 Å². The first-order valence-corrected chi connectivity index (χ1v) is 9.00. The summed E-state index contributed by atoms with van der Waals surface area (Å²) in [5, 5.41) is 10.9. The summed E-state index contributed by atoms with van der Waals surface area (Å²) in [5.74, 6) is 0.351. The fourth-order valence-electron chi connectivity index (χ4n) is 3.03. The maximum atomic E-state index is 12.3. The Kier molecular flexibility index (Phi) is 5.04. The third-order valence-electron chi connectivity index (χ3n) is 4.47. The van der Waals surface area contributed by atoms with Gasteiger partial charge in [0.15, 0.2) is 0 Å². The lowest BCUT2D eigenvalue weighted by atomic mass is 10.2. The monoisotopic (exact) mass is 364 g/mol. The van der Waals surface area contributed by atoms with E-state index in [9.17, 15) is 4.79 Å². The van der Waals surface area contributed by atoms with Gasteiger partial charge in [-0.3, -0.25) is 9.78 Å². The van der Waals surface area contributed by atoms with Gasteiger partial charge in [0.05, 0.1) is 30.2 Å². The quantitative estimate of drug-likeness (QED) is 0.721. The van der Waals surface area contributed by atoms with Gasteiger partial charge in [-0.1, -0.05) is 5.21 Å². The number of nitrogens with one attached hydrogen (secondary N) is 1. The van der Waals surface area contributed by atoms with Gasteiger partial charge in [-0.2, -0.15) is 0 Å². The third kappa shape index (κ3) is 4.28. The molecular formula is C19H20N6O2. The van der Waals surface area contributed by atoms with Crippen molar-refractivity contribution in [2.45, 2.75) is 38.3 Å². The maximum absolute atomic E-state index is 12.3. The molecule has 8 heteroatoms. The molecule has 0 atom stereocenters. The van der Waals surface area contributed by atoms with Crippen molar-refractivity contribution in [1.29, 1.82) is 0 Å². The van der Waals surface area contributed by atoms with E-state index in [0.717, 1.165) is 18.5 Å². The first kappa shape index (κ1) is 17.1. The number of pyridine rings is 2. The van der Waals surface area contributed by atoms with Gasteiger partial charge in [-0.15, -0.1) is 5.10 Å².